The van der Waals surface area contributed by atoms with Gasteiger partial charge < -0.3 is 14.4 Å². The van der Waals surface area contributed by atoms with E-state index in [-0.39, 0.29) is 17.7 Å². The molecule has 0 aromatic carbocycles. The Hall–Kier alpha value is -1.78. The van der Waals surface area contributed by atoms with Crippen molar-refractivity contribution >= 4 is 11.8 Å². The van der Waals surface area contributed by atoms with Crippen molar-refractivity contribution < 1.29 is 9.59 Å². The summed E-state index contributed by atoms with van der Waals surface area (Å²) in [6.45, 7) is 10.3. The Morgan fingerprint density at radius 3 is 2.00 bits per heavy atom. The van der Waals surface area contributed by atoms with Crippen LogP contribution in [-0.2, 0) is 11.8 Å². The first kappa shape index (κ1) is 15.6. The van der Waals surface area contributed by atoms with Crippen molar-refractivity contribution in [2.24, 2.45) is 13.0 Å². The fraction of sp³-hybridized carbons (Fsp3) is 0.625. The summed E-state index contributed by atoms with van der Waals surface area (Å²) in [6.07, 6.45) is 0. The number of piperazine rings is 1. The highest BCUT2D eigenvalue weighted by Crippen LogP contribution is 2.17. The van der Waals surface area contributed by atoms with Crippen LogP contribution in [0, 0.1) is 19.8 Å². The van der Waals surface area contributed by atoms with Crippen LogP contribution in [0.4, 0.5) is 0 Å². The van der Waals surface area contributed by atoms with Gasteiger partial charge in [-0.15, -0.1) is 0 Å². The van der Waals surface area contributed by atoms with Crippen molar-refractivity contribution in [3.05, 3.63) is 23.0 Å². The van der Waals surface area contributed by atoms with Crippen molar-refractivity contribution in [1.29, 1.82) is 0 Å². The van der Waals surface area contributed by atoms with Gasteiger partial charge in [0.15, 0.2) is 0 Å². The van der Waals surface area contributed by atoms with Crippen LogP contribution in [0.3, 0.4) is 0 Å². The van der Waals surface area contributed by atoms with E-state index in [9.17, 15) is 9.59 Å². The van der Waals surface area contributed by atoms with Crippen LogP contribution >= 0.6 is 0 Å². The minimum Gasteiger partial charge on any atom is -0.351 e. The molecular weight excluding hydrogens is 266 g/mol. The van der Waals surface area contributed by atoms with Crippen molar-refractivity contribution in [2.75, 3.05) is 26.2 Å². The average Bonchev–Trinajstić information content (AvgIpc) is 2.73. The van der Waals surface area contributed by atoms with Crippen LogP contribution in [0.5, 0.6) is 0 Å². The van der Waals surface area contributed by atoms with E-state index in [4.69, 9.17) is 0 Å². The summed E-state index contributed by atoms with van der Waals surface area (Å²) in [5.74, 6) is 0.271. The molecule has 0 unspecified atom stereocenters. The quantitative estimate of drug-likeness (QED) is 0.830. The van der Waals surface area contributed by atoms with Gasteiger partial charge in [-0.3, -0.25) is 9.59 Å². The Bertz CT molecular complexity index is 552. The molecule has 0 radical (unpaired) electrons. The lowest BCUT2D eigenvalue weighted by Gasteiger charge is -2.35. The zero-order valence-corrected chi connectivity index (χ0v) is 13.6. The van der Waals surface area contributed by atoms with Gasteiger partial charge in [0.2, 0.25) is 5.91 Å². The van der Waals surface area contributed by atoms with Gasteiger partial charge in [0, 0.05) is 50.5 Å². The van der Waals surface area contributed by atoms with E-state index in [2.05, 4.69) is 0 Å². The Morgan fingerprint density at radius 1 is 1.05 bits per heavy atom. The molecule has 0 bridgehead atoms. The van der Waals surface area contributed by atoms with E-state index >= 15 is 0 Å². The van der Waals surface area contributed by atoms with E-state index in [1.54, 1.807) is 0 Å². The molecule has 5 heteroatoms. The van der Waals surface area contributed by atoms with Crippen LogP contribution in [0.15, 0.2) is 6.07 Å². The van der Waals surface area contributed by atoms with Gasteiger partial charge in [-0.05, 0) is 19.9 Å². The van der Waals surface area contributed by atoms with E-state index in [0.717, 1.165) is 17.0 Å². The van der Waals surface area contributed by atoms with Crippen molar-refractivity contribution in [3.63, 3.8) is 0 Å². The first-order valence-electron chi connectivity index (χ1n) is 7.54. The Balaban J connectivity index is 2.03. The second kappa shape index (κ2) is 5.92. The standard InChI is InChI=1S/C16H25N3O2/c1-11(2)15(20)18-6-8-19(9-7-18)16(21)14-10-12(3)17(5)13(14)4/h10-11H,6-9H2,1-5H3. The molecular formula is C16H25N3O2. The SMILES string of the molecule is Cc1cc(C(=O)N2CCN(C(=O)C(C)C)CC2)c(C)n1C. The molecule has 1 aliphatic rings. The van der Waals surface area contributed by atoms with Gasteiger partial charge in [-0.1, -0.05) is 13.8 Å². The second-order valence-corrected chi connectivity index (χ2v) is 6.12. The summed E-state index contributed by atoms with van der Waals surface area (Å²) in [6, 6.07) is 1.95. The molecule has 2 rings (SSSR count). The predicted molar refractivity (Wildman–Crippen MR) is 82.2 cm³/mol. The van der Waals surface area contributed by atoms with Crippen LogP contribution < -0.4 is 0 Å². The molecule has 1 fully saturated rings. The first-order chi connectivity index (χ1) is 9.82. The van der Waals surface area contributed by atoms with Gasteiger partial charge >= 0.3 is 0 Å². The number of nitrogens with zero attached hydrogens (tertiary/aromatic N) is 3. The maximum Gasteiger partial charge on any atom is 0.255 e. The van der Waals surface area contributed by atoms with Gasteiger partial charge in [-0.2, -0.15) is 0 Å². The Kier molecular flexibility index (Phi) is 4.40. The fourth-order valence-electron chi connectivity index (χ4n) is 2.74. The number of carbonyl (C=O) groups excluding carboxylic acids is 2. The number of rotatable bonds is 2. The predicted octanol–water partition coefficient (Wildman–Crippen LogP) is 1.58. The summed E-state index contributed by atoms with van der Waals surface area (Å²) < 4.78 is 2.03. The van der Waals surface area contributed by atoms with Crippen LogP contribution in [0.1, 0.15) is 35.6 Å². The van der Waals surface area contributed by atoms with E-state index < -0.39 is 0 Å². The summed E-state index contributed by atoms with van der Waals surface area (Å²) >= 11 is 0. The highest BCUT2D eigenvalue weighted by atomic mass is 16.2. The number of carbonyl (C=O) groups is 2. The molecule has 1 aromatic heterocycles. The van der Waals surface area contributed by atoms with E-state index in [0.29, 0.717) is 26.2 Å². The van der Waals surface area contributed by atoms with Gasteiger partial charge in [-0.25, -0.2) is 0 Å². The van der Waals surface area contributed by atoms with Gasteiger partial charge in [0.1, 0.15) is 0 Å². The molecule has 0 aliphatic carbocycles. The topological polar surface area (TPSA) is 45.6 Å². The van der Waals surface area contributed by atoms with E-state index in [1.165, 1.54) is 0 Å². The average molecular weight is 291 g/mol. The third-order valence-corrected chi connectivity index (χ3v) is 4.38. The number of aromatic nitrogens is 1. The monoisotopic (exact) mass is 291 g/mol. The van der Waals surface area contributed by atoms with Crippen molar-refractivity contribution in [1.82, 2.24) is 14.4 Å². The number of amides is 2. The van der Waals surface area contributed by atoms with Crippen LogP contribution in [0.2, 0.25) is 0 Å². The van der Waals surface area contributed by atoms with E-state index in [1.807, 2.05) is 55.2 Å². The lowest BCUT2D eigenvalue weighted by atomic mass is 10.1. The summed E-state index contributed by atoms with van der Waals surface area (Å²) in [7, 11) is 1.97. The molecule has 1 saturated heterocycles. The van der Waals surface area contributed by atoms with Crippen molar-refractivity contribution in [2.45, 2.75) is 27.7 Å². The zero-order valence-electron chi connectivity index (χ0n) is 13.6. The molecule has 1 aliphatic heterocycles. The second-order valence-electron chi connectivity index (χ2n) is 6.12. The van der Waals surface area contributed by atoms with Crippen molar-refractivity contribution in [3.8, 4) is 0 Å². The summed E-state index contributed by atoms with van der Waals surface area (Å²) in [5, 5.41) is 0. The summed E-state index contributed by atoms with van der Waals surface area (Å²) in [5.41, 5.74) is 2.86. The summed E-state index contributed by atoms with van der Waals surface area (Å²) in [4.78, 5) is 28.3. The normalized spacial score (nSPS) is 15.7. The molecule has 21 heavy (non-hydrogen) atoms. The third-order valence-electron chi connectivity index (χ3n) is 4.38. The Morgan fingerprint density at radius 2 is 1.57 bits per heavy atom. The Labute approximate surface area is 126 Å². The molecule has 1 aromatic rings. The molecule has 0 N–H and O–H groups in total. The number of hydrogen-bond acceptors (Lipinski definition) is 2. The highest BCUT2D eigenvalue weighted by molar-refractivity contribution is 5.96. The molecule has 116 valence electrons. The highest BCUT2D eigenvalue weighted by Gasteiger charge is 2.27. The smallest absolute Gasteiger partial charge is 0.255 e. The molecule has 0 atom stereocenters. The molecule has 0 spiro atoms. The molecule has 5 nitrogen and oxygen atoms in total. The largest absolute Gasteiger partial charge is 0.351 e. The van der Waals surface area contributed by atoms with Gasteiger partial charge in [0.05, 0.1) is 5.56 Å². The number of aryl methyl sites for hydroxylation is 1. The lowest BCUT2D eigenvalue weighted by Crippen LogP contribution is -2.51. The maximum absolute atomic E-state index is 12.6. The molecule has 0 saturated carbocycles. The molecule has 2 heterocycles. The minimum atomic E-state index is 0.0197. The lowest BCUT2D eigenvalue weighted by molar-refractivity contribution is -0.135. The minimum absolute atomic E-state index is 0.0197. The first-order valence-corrected chi connectivity index (χ1v) is 7.54. The van der Waals surface area contributed by atoms with Crippen LogP contribution in [-0.4, -0.2) is 52.4 Å². The van der Waals surface area contributed by atoms with Gasteiger partial charge in [0.25, 0.3) is 5.91 Å². The fourth-order valence-corrected chi connectivity index (χ4v) is 2.74. The zero-order chi connectivity index (χ0) is 15.7. The third kappa shape index (κ3) is 2.96. The molecule has 2 amide bonds. The maximum atomic E-state index is 12.6. The van der Waals surface area contributed by atoms with Crippen LogP contribution in [0.25, 0.3) is 0 Å². The number of hydrogen-bond donors (Lipinski definition) is 0.